The molecule has 0 radical (unpaired) electrons. The Kier molecular flexibility index (Phi) is 2.56. The third kappa shape index (κ3) is 1.74. The third-order valence-electron chi connectivity index (χ3n) is 2.39. The second-order valence-electron chi connectivity index (χ2n) is 3.63. The molecule has 1 aromatic carbocycles. The number of carbonyl (C=O) groups excluding carboxylic acids is 1. The van der Waals surface area contributed by atoms with E-state index < -0.39 is 0 Å². The standard InChI is InChI=1S/C12H11FN2O/c1-8-4-3-5-11(12(8)13)15-6-10(9(2)16)14-7-15/h3-7H,1-2H3. The lowest BCUT2D eigenvalue weighted by atomic mass is 10.2. The molecular formula is C12H11FN2O. The van der Waals surface area contributed by atoms with E-state index in [1.807, 2.05) is 0 Å². The van der Waals surface area contributed by atoms with Crippen molar-refractivity contribution in [3.63, 3.8) is 0 Å². The molecule has 0 atom stereocenters. The van der Waals surface area contributed by atoms with Gasteiger partial charge in [-0.3, -0.25) is 4.79 Å². The fraction of sp³-hybridized carbons (Fsp3) is 0.167. The van der Waals surface area contributed by atoms with Gasteiger partial charge in [-0.15, -0.1) is 0 Å². The minimum Gasteiger partial charge on any atom is -0.303 e. The van der Waals surface area contributed by atoms with Crippen molar-refractivity contribution in [2.24, 2.45) is 0 Å². The van der Waals surface area contributed by atoms with Crippen LogP contribution in [-0.2, 0) is 0 Å². The van der Waals surface area contributed by atoms with Gasteiger partial charge in [0.25, 0.3) is 0 Å². The molecule has 2 aromatic rings. The maximum atomic E-state index is 13.8. The monoisotopic (exact) mass is 218 g/mol. The number of aryl methyl sites for hydroxylation is 1. The van der Waals surface area contributed by atoms with Crippen molar-refractivity contribution in [1.82, 2.24) is 9.55 Å². The summed E-state index contributed by atoms with van der Waals surface area (Å²) in [4.78, 5) is 15.0. The van der Waals surface area contributed by atoms with E-state index in [0.29, 0.717) is 16.9 Å². The Morgan fingerprint density at radius 3 is 2.81 bits per heavy atom. The van der Waals surface area contributed by atoms with Crippen molar-refractivity contribution in [2.75, 3.05) is 0 Å². The maximum absolute atomic E-state index is 13.8. The smallest absolute Gasteiger partial charge is 0.179 e. The van der Waals surface area contributed by atoms with Crippen molar-refractivity contribution in [1.29, 1.82) is 0 Å². The summed E-state index contributed by atoms with van der Waals surface area (Å²) in [5.41, 5.74) is 1.30. The molecule has 0 amide bonds. The second-order valence-corrected chi connectivity index (χ2v) is 3.63. The van der Waals surface area contributed by atoms with Crippen LogP contribution in [0.5, 0.6) is 0 Å². The van der Waals surface area contributed by atoms with Gasteiger partial charge in [-0.25, -0.2) is 9.37 Å². The quantitative estimate of drug-likeness (QED) is 0.726. The highest BCUT2D eigenvalue weighted by Gasteiger charge is 2.09. The van der Waals surface area contributed by atoms with Crippen LogP contribution >= 0.6 is 0 Å². The number of rotatable bonds is 2. The number of Topliss-reactive ketones (excluding diaryl/α,β-unsaturated/α-hetero) is 1. The lowest BCUT2D eigenvalue weighted by molar-refractivity contribution is 0.101. The molecule has 4 heteroatoms. The number of imidazole rings is 1. The van der Waals surface area contributed by atoms with Gasteiger partial charge in [0.1, 0.15) is 17.8 Å². The molecule has 2 rings (SSSR count). The van der Waals surface area contributed by atoms with Gasteiger partial charge < -0.3 is 4.57 Å². The summed E-state index contributed by atoms with van der Waals surface area (Å²) in [5.74, 6) is -0.429. The Morgan fingerprint density at radius 2 is 2.19 bits per heavy atom. The van der Waals surface area contributed by atoms with Gasteiger partial charge in [0.15, 0.2) is 5.78 Å². The van der Waals surface area contributed by atoms with Gasteiger partial charge in [-0.1, -0.05) is 12.1 Å². The highest BCUT2D eigenvalue weighted by atomic mass is 19.1. The van der Waals surface area contributed by atoms with E-state index in [9.17, 15) is 9.18 Å². The number of hydrogen-bond donors (Lipinski definition) is 0. The van der Waals surface area contributed by atoms with Crippen molar-refractivity contribution >= 4 is 5.78 Å². The zero-order valence-electron chi connectivity index (χ0n) is 9.07. The van der Waals surface area contributed by atoms with Crippen LogP contribution in [0.3, 0.4) is 0 Å². The fourth-order valence-corrected chi connectivity index (χ4v) is 1.47. The molecule has 3 nitrogen and oxygen atoms in total. The molecule has 0 aliphatic rings. The van der Waals surface area contributed by atoms with Crippen molar-refractivity contribution in [3.8, 4) is 5.69 Å². The molecule has 0 fully saturated rings. The lowest BCUT2D eigenvalue weighted by Gasteiger charge is -2.05. The molecule has 0 aliphatic carbocycles. The normalized spacial score (nSPS) is 10.4. The molecule has 0 spiro atoms. The van der Waals surface area contributed by atoms with Gasteiger partial charge in [-0.05, 0) is 18.6 Å². The van der Waals surface area contributed by atoms with E-state index >= 15 is 0 Å². The highest BCUT2D eigenvalue weighted by molar-refractivity contribution is 5.91. The Hall–Kier alpha value is -1.97. The Balaban J connectivity index is 2.50. The van der Waals surface area contributed by atoms with Crippen LogP contribution in [0, 0.1) is 12.7 Å². The summed E-state index contributed by atoms with van der Waals surface area (Å²) >= 11 is 0. The molecule has 0 aliphatic heterocycles. The summed E-state index contributed by atoms with van der Waals surface area (Å²) in [6, 6.07) is 5.11. The van der Waals surface area contributed by atoms with Gasteiger partial charge in [0.2, 0.25) is 0 Å². The van der Waals surface area contributed by atoms with Gasteiger partial charge in [0.05, 0.1) is 5.69 Å². The largest absolute Gasteiger partial charge is 0.303 e. The number of halogens is 1. The van der Waals surface area contributed by atoms with Gasteiger partial charge in [0, 0.05) is 13.1 Å². The van der Waals surface area contributed by atoms with E-state index in [1.54, 1.807) is 25.1 Å². The van der Waals surface area contributed by atoms with E-state index in [2.05, 4.69) is 4.98 Å². The van der Waals surface area contributed by atoms with E-state index in [0.717, 1.165) is 0 Å². The molecule has 82 valence electrons. The lowest BCUT2D eigenvalue weighted by Crippen LogP contribution is -1.97. The first-order valence-corrected chi connectivity index (χ1v) is 4.90. The van der Waals surface area contributed by atoms with Crippen LogP contribution in [0.2, 0.25) is 0 Å². The van der Waals surface area contributed by atoms with Crippen LogP contribution < -0.4 is 0 Å². The summed E-state index contributed by atoms with van der Waals surface area (Å²) in [7, 11) is 0. The van der Waals surface area contributed by atoms with Crippen LogP contribution in [0.4, 0.5) is 4.39 Å². The zero-order chi connectivity index (χ0) is 11.7. The molecule has 0 N–H and O–H groups in total. The summed E-state index contributed by atoms with van der Waals surface area (Å²) in [6.07, 6.45) is 2.97. The Morgan fingerprint density at radius 1 is 1.44 bits per heavy atom. The van der Waals surface area contributed by atoms with E-state index in [1.165, 1.54) is 24.0 Å². The molecule has 0 unspecified atom stereocenters. The van der Waals surface area contributed by atoms with Crippen LogP contribution in [-0.4, -0.2) is 15.3 Å². The van der Waals surface area contributed by atoms with Crippen molar-refractivity contribution in [3.05, 3.63) is 47.8 Å². The van der Waals surface area contributed by atoms with Crippen molar-refractivity contribution < 1.29 is 9.18 Å². The summed E-state index contributed by atoms with van der Waals surface area (Å²) < 4.78 is 15.3. The topological polar surface area (TPSA) is 34.9 Å². The summed E-state index contributed by atoms with van der Waals surface area (Å²) in [6.45, 7) is 3.13. The first-order chi connectivity index (χ1) is 7.59. The predicted molar refractivity (Wildman–Crippen MR) is 58.3 cm³/mol. The molecule has 0 saturated heterocycles. The van der Waals surface area contributed by atoms with E-state index in [-0.39, 0.29) is 11.6 Å². The van der Waals surface area contributed by atoms with Gasteiger partial charge >= 0.3 is 0 Å². The van der Waals surface area contributed by atoms with E-state index in [4.69, 9.17) is 0 Å². The van der Waals surface area contributed by atoms with Crippen LogP contribution in [0.1, 0.15) is 23.0 Å². The van der Waals surface area contributed by atoms with Crippen LogP contribution in [0.15, 0.2) is 30.7 Å². The number of nitrogens with zero attached hydrogens (tertiary/aromatic N) is 2. The number of aromatic nitrogens is 2. The Bertz CT molecular complexity index is 546. The number of carbonyl (C=O) groups is 1. The number of hydrogen-bond acceptors (Lipinski definition) is 2. The first kappa shape index (κ1) is 10.5. The molecule has 16 heavy (non-hydrogen) atoms. The average molecular weight is 218 g/mol. The molecule has 0 bridgehead atoms. The minimum absolute atomic E-state index is 0.133. The first-order valence-electron chi connectivity index (χ1n) is 4.90. The predicted octanol–water partition coefficient (Wildman–Crippen LogP) is 2.52. The fourth-order valence-electron chi connectivity index (χ4n) is 1.47. The van der Waals surface area contributed by atoms with Crippen LogP contribution in [0.25, 0.3) is 5.69 Å². The van der Waals surface area contributed by atoms with Gasteiger partial charge in [-0.2, -0.15) is 0 Å². The summed E-state index contributed by atoms with van der Waals surface area (Å²) in [5, 5.41) is 0. The zero-order valence-corrected chi connectivity index (χ0v) is 9.07. The third-order valence-corrected chi connectivity index (χ3v) is 2.39. The number of ketones is 1. The average Bonchev–Trinajstić information content (AvgIpc) is 2.71. The van der Waals surface area contributed by atoms with Crippen molar-refractivity contribution in [2.45, 2.75) is 13.8 Å². The minimum atomic E-state index is -0.296. The SMILES string of the molecule is CC(=O)c1cn(-c2cccc(C)c2F)cn1. The highest BCUT2D eigenvalue weighted by Crippen LogP contribution is 2.16. The molecular weight excluding hydrogens is 207 g/mol. The molecule has 1 aromatic heterocycles. The Labute approximate surface area is 92.5 Å². The second kappa shape index (κ2) is 3.89. The number of benzene rings is 1. The molecule has 1 heterocycles. The molecule has 0 saturated carbocycles. The maximum Gasteiger partial charge on any atom is 0.179 e.